The monoisotopic (exact) mass is 1000 g/mol. The molecule has 374 valence electrons. The number of hydrogen-bond donors (Lipinski definition) is 2. The number of methoxy groups -OCH3 is 2. The van der Waals surface area contributed by atoms with E-state index in [9.17, 15) is 19.2 Å². The van der Waals surface area contributed by atoms with E-state index in [1.807, 2.05) is 85.8 Å². The van der Waals surface area contributed by atoms with E-state index >= 15 is 4.57 Å². The molecule has 4 aliphatic rings. The first-order valence-electron chi connectivity index (χ1n) is 23.4. The Labute approximate surface area is 405 Å². The smallest absolute Gasteiger partial charge is 0.475 e. The van der Waals surface area contributed by atoms with Gasteiger partial charge in [-0.3, -0.25) is 42.3 Å². The van der Waals surface area contributed by atoms with Crippen molar-refractivity contribution < 1.29 is 46.2 Å². The Kier molecular flexibility index (Phi) is 13.1. The molecule has 2 aromatic heterocycles. The Morgan fingerprint density at radius 1 is 0.771 bits per heavy atom. The fourth-order valence-corrected chi connectivity index (χ4v) is 13.2. The standard InChI is InChI=1S/C50H61N4O14PSi/c1-29-25-53(46(57)51-43(29)55)39-24-37(68-70(9,10)48(4,5)6)38(64-39)27-63-69(59)66-41-31(3)40-42(67-69)49(41,65-45(40)54-26-30(2)44(56)52-47(54)58)28-62-50(32-14-12-11-13-15-32,33-16-20-35(60-7)21-17-33)34-18-22-36(61-8)23-19-34/h11-23,25-26,31,37-42,45H,24,27-28H2,1-10H3,(H,51,55,57)(H,52,56,58)/t31-,37-,38+,39+,40-,41+,42-,45+,49-,69-/m0/s1. The number of aromatic amines is 2. The lowest BCUT2D eigenvalue weighted by molar-refractivity contribution is -0.231. The summed E-state index contributed by atoms with van der Waals surface area (Å²) in [6.45, 7) is 15.1. The Hall–Kier alpha value is -5.21. The number of aromatic nitrogens is 4. The van der Waals surface area contributed by atoms with Crippen molar-refractivity contribution >= 4 is 16.1 Å². The summed E-state index contributed by atoms with van der Waals surface area (Å²) in [5.41, 5.74) is -2.34. The third-order valence-corrected chi connectivity index (χ3v) is 20.9. The van der Waals surface area contributed by atoms with Crippen molar-refractivity contribution in [3.63, 3.8) is 0 Å². The van der Waals surface area contributed by atoms with Gasteiger partial charge in [-0.05, 0) is 78.9 Å². The Morgan fingerprint density at radius 2 is 1.30 bits per heavy atom. The summed E-state index contributed by atoms with van der Waals surface area (Å²) in [6.07, 6.45) is -2.22. The minimum absolute atomic E-state index is 0.198. The van der Waals surface area contributed by atoms with E-state index in [2.05, 4.69) is 43.8 Å². The molecule has 4 bridgehead atoms. The number of rotatable bonds is 15. The minimum Gasteiger partial charge on any atom is -0.497 e. The Morgan fingerprint density at radius 3 is 1.86 bits per heavy atom. The summed E-state index contributed by atoms with van der Waals surface area (Å²) in [5.74, 6) is 0.135. The number of benzene rings is 3. The molecule has 18 nitrogen and oxygen atoms in total. The van der Waals surface area contributed by atoms with Gasteiger partial charge in [0.1, 0.15) is 53.5 Å². The molecule has 9 rings (SSSR count). The van der Waals surface area contributed by atoms with E-state index in [0.29, 0.717) is 17.1 Å². The average Bonchev–Trinajstić information content (AvgIpc) is 3.91. The molecule has 3 aromatic carbocycles. The van der Waals surface area contributed by atoms with Crippen molar-refractivity contribution in [2.75, 3.05) is 27.4 Å². The number of nitrogens with zero attached hydrogens (tertiary/aromatic N) is 2. The highest BCUT2D eigenvalue weighted by Gasteiger charge is 2.76. The lowest BCUT2D eigenvalue weighted by atomic mass is 9.79. The molecule has 1 aliphatic carbocycles. The number of ether oxygens (including phenoxy) is 5. The molecule has 10 atom stereocenters. The van der Waals surface area contributed by atoms with Gasteiger partial charge in [-0.15, -0.1) is 0 Å². The van der Waals surface area contributed by atoms with E-state index in [-0.39, 0.29) is 30.2 Å². The van der Waals surface area contributed by atoms with E-state index in [0.717, 1.165) is 16.7 Å². The summed E-state index contributed by atoms with van der Waals surface area (Å²) in [7, 11) is -3.79. The second-order valence-electron chi connectivity index (χ2n) is 20.2. The number of H-pyrrole nitrogens is 2. The molecule has 0 amide bonds. The zero-order chi connectivity index (χ0) is 50.1. The normalized spacial score (nSPS) is 28.5. The van der Waals surface area contributed by atoms with E-state index < -0.39 is 98.5 Å². The summed E-state index contributed by atoms with van der Waals surface area (Å²) in [5, 5.41) is -0.198. The molecule has 70 heavy (non-hydrogen) atoms. The van der Waals surface area contributed by atoms with Gasteiger partial charge in [0.15, 0.2) is 8.32 Å². The van der Waals surface area contributed by atoms with Gasteiger partial charge in [-0.2, -0.15) is 0 Å². The first-order chi connectivity index (χ1) is 33.1. The van der Waals surface area contributed by atoms with Crippen molar-refractivity contribution in [2.24, 2.45) is 11.8 Å². The van der Waals surface area contributed by atoms with Crippen LogP contribution in [0.4, 0.5) is 0 Å². The summed E-state index contributed by atoms with van der Waals surface area (Å²) in [4.78, 5) is 56.5. The van der Waals surface area contributed by atoms with Gasteiger partial charge >= 0.3 is 19.2 Å². The maximum Gasteiger partial charge on any atom is 0.475 e. The molecule has 4 fully saturated rings. The maximum atomic E-state index is 15.2. The van der Waals surface area contributed by atoms with Gasteiger partial charge in [-0.25, -0.2) is 14.2 Å². The quantitative estimate of drug-likeness (QED) is 0.0625. The van der Waals surface area contributed by atoms with Crippen LogP contribution in [0.1, 0.15) is 74.4 Å². The van der Waals surface area contributed by atoms with Crippen molar-refractivity contribution in [1.82, 2.24) is 19.1 Å². The van der Waals surface area contributed by atoms with Gasteiger partial charge < -0.3 is 28.1 Å². The SMILES string of the molecule is COc1ccc(C(OC[C@]23O[C@@H](n4cc(C)c(=O)[nH]c4=O)[C@H]4[C@H](C)[C@H]2O[P@](=O)(OC[C@H]2O[C@@H](n5cc(C)c(=O)[nH]c5=O)C[C@@H]2O[Si](C)(C)C(C)(C)C)O[C@@H]43)(c2ccccc2)c2ccc(OC)cc2)cc1. The molecule has 5 aromatic rings. The van der Waals surface area contributed by atoms with Gasteiger partial charge in [-0.1, -0.05) is 82.3 Å². The highest BCUT2D eigenvalue weighted by Crippen LogP contribution is 2.70. The van der Waals surface area contributed by atoms with Gasteiger partial charge in [0, 0.05) is 35.9 Å². The molecule has 3 saturated heterocycles. The minimum atomic E-state index is -4.51. The second-order valence-corrected chi connectivity index (χ2v) is 26.6. The number of hydrogen-bond acceptors (Lipinski definition) is 14. The van der Waals surface area contributed by atoms with Crippen LogP contribution in [-0.4, -0.2) is 84.9 Å². The zero-order valence-electron chi connectivity index (χ0n) is 41.0. The zero-order valence-corrected chi connectivity index (χ0v) is 42.9. The molecular weight excluding hydrogens is 940 g/mol. The predicted octanol–water partition coefficient (Wildman–Crippen LogP) is 6.85. The highest BCUT2D eigenvalue weighted by molar-refractivity contribution is 7.48. The molecule has 5 heterocycles. The van der Waals surface area contributed by atoms with E-state index in [4.69, 9.17) is 41.7 Å². The van der Waals surface area contributed by atoms with Crippen LogP contribution in [0.2, 0.25) is 18.1 Å². The molecule has 2 N–H and O–H groups in total. The molecule has 3 aliphatic heterocycles. The van der Waals surface area contributed by atoms with Crippen LogP contribution in [0, 0.1) is 25.7 Å². The van der Waals surface area contributed by atoms with Crippen LogP contribution in [0.15, 0.2) is 110 Å². The maximum absolute atomic E-state index is 15.2. The average molecular weight is 1000 g/mol. The predicted molar refractivity (Wildman–Crippen MR) is 260 cm³/mol. The van der Waals surface area contributed by atoms with Crippen LogP contribution in [0.5, 0.6) is 11.5 Å². The molecule has 0 spiro atoms. The molecular formula is C50H61N4O14PSi. The van der Waals surface area contributed by atoms with Crippen molar-refractivity contribution in [1.29, 1.82) is 0 Å². The summed E-state index contributed by atoms with van der Waals surface area (Å²) >= 11 is 0. The van der Waals surface area contributed by atoms with Crippen LogP contribution < -0.4 is 32.0 Å². The van der Waals surface area contributed by atoms with E-state index in [1.54, 1.807) is 28.1 Å². The van der Waals surface area contributed by atoms with Gasteiger partial charge in [0.25, 0.3) is 11.1 Å². The molecule has 20 heteroatoms. The number of phosphoric ester groups is 1. The highest BCUT2D eigenvalue weighted by atomic mass is 31.2. The van der Waals surface area contributed by atoms with Crippen molar-refractivity contribution in [2.45, 2.75) is 114 Å². The fraction of sp³-hybridized carbons (Fsp3) is 0.480. The van der Waals surface area contributed by atoms with Crippen LogP contribution in [-0.2, 0) is 42.4 Å². The lowest BCUT2D eigenvalue weighted by Crippen LogP contribution is -2.57. The van der Waals surface area contributed by atoms with Crippen LogP contribution >= 0.6 is 7.82 Å². The Bertz CT molecular complexity index is 2980. The number of nitrogens with one attached hydrogen (secondary N) is 2. The number of phosphoric acid groups is 1. The first kappa shape index (κ1) is 49.8. The number of aryl methyl sites for hydroxylation is 2. The van der Waals surface area contributed by atoms with E-state index in [1.165, 1.54) is 21.5 Å². The lowest BCUT2D eigenvalue weighted by Gasteiger charge is -2.46. The summed E-state index contributed by atoms with van der Waals surface area (Å²) in [6, 6.07) is 24.8. The fourth-order valence-electron chi connectivity index (χ4n) is 10.1. The first-order valence-corrected chi connectivity index (χ1v) is 27.8. The molecule has 0 unspecified atom stereocenters. The van der Waals surface area contributed by atoms with Gasteiger partial charge in [0.05, 0.1) is 33.5 Å². The Balaban J connectivity index is 1.09. The third kappa shape index (κ3) is 8.62. The summed E-state index contributed by atoms with van der Waals surface area (Å²) < 4.78 is 76.3. The van der Waals surface area contributed by atoms with Crippen molar-refractivity contribution in [3.05, 3.63) is 161 Å². The molecule has 1 saturated carbocycles. The topological polar surface area (TPSA) is 210 Å². The van der Waals surface area contributed by atoms with Crippen LogP contribution in [0.25, 0.3) is 0 Å². The van der Waals surface area contributed by atoms with Crippen LogP contribution in [0.3, 0.4) is 0 Å². The van der Waals surface area contributed by atoms with Gasteiger partial charge in [0.2, 0.25) is 0 Å². The largest absolute Gasteiger partial charge is 0.497 e. The third-order valence-electron chi connectivity index (χ3n) is 14.9. The second kappa shape index (κ2) is 18.4. The van der Waals surface area contributed by atoms with Crippen molar-refractivity contribution in [3.8, 4) is 11.5 Å². The molecule has 0 radical (unpaired) electrons.